The molecule has 0 bridgehead atoms. The van der Waals surface area contributed by atoms with Gasteiger partial charge in [0.25, 0.3) is 0 Å². The van der Waals surface area contributed by atoms with E-state index in [1.54, 1.807) is 6.07 Å². The Balaban J connectivity index is 2.27. The lowest BCUT2D eigenvalue weighted by Gasteiger charge is -2.24. The molecule has 0 saturated carbocycles. The van der Waals surface area contributed by atoms with Crippen LogP contribution in [0.3, 0.4) is 0 Å². The Kier molecular flexibility index (Phi) is 4.91. The summed E-state index contributed by atoms with van der Waals surface area (Å²) in [5, 5.41) is 3.22. The van der Waals surface area contributed by atoms with Crippen molar-refractivity contribution in [2.45, 2.75) is 38.3 Å². The van der Waals surface area contributed by atoms with Crippen LogP contribution in [0.2, 0.25) is 0 Å². The normalized spacial score (nSPS) is 17.2. The molecule has 0 amide bonds. The molecule has 1 heterocycles. The summed E-state index contributed by atoms with van der Waals surface area (Å²) in [7, 11) is 0. The molecule has 1 aromatic carbocycles. The predicted molar refractivity (Wildman–Crippen MR) is 72.1 cm³/mol. The summed E-state index contributed by atoms with van der Waals surface area (Å²) in [6.07, 6.45) is -1.92. The van der Waals surface area contributed by atoms with Crippen LogP contribution in [0.15, 0.2) is 18.2 Å². The minimum absolute atomic E-state index is 0.0583. The van der Waals surface area contributed by atoms with Gasteiger partial charge in [-0.2, -0.15) is 13.2 Å². The van der Waals surface area contributed by atoms with E-state index in [2.05, 4.69) is 5.32 Å². The summed E-state index contributed by atoms with van der Waals surface area (Å²) < 4.78 is 44.6. The van der Waals surface area contributed by atoms with Crippen LogP contribution in [0.4, 0.5) is 13.2 Å². The van der Waals surface area contributed by atoms with Crippen LogP contribution in [-0.4, -0.2) is 19.7 Å². The fraction of sp³-hybridized carbons (Fsp3) is 0.600. The Morgan fingerprint density at radius 3 is 2.55 bits per heavy atom. The van der Waals surface area contributed by atoms with Gasteiger partial charge in [0.05, 0.1) is 12.2 Å². The molecule has 2 nitrogen and oxygen atoms in total. The summed E-state index contributed by atoms with van der Waals surface area (Å²) in [5.74, 6) is 0.148. The van der Waals surface area contributed by atoms with E-state index in [1.807, 2.05) is 6.92 Å². The van der Waals surface area contributed by atoms with Crippen molar-refractivity contribution in [3.05, 3.63) is 29.3 Å². The molecule has 0 aliphatic carbocycles. The van der Waals surface area contributed by atoms with Crippen molar-refractivity contribution in [2.24, 2.45) is 0 Å². The SMILES string of the molecule is CCCOc1ccc(C2CCNCC2)cc1C(F)(F)F. The fourth-order valence-corrected chi connectivity index (χ4v) is 2.52. The molecule has 1 saturated heterocycles. The maximum Gasteiger partial charge on any atom is 0.419 e. The molecular formula is C15H20F3NO. The third-order valence-corrected chi connectivity index (χ3v) is 3.58. The van der Waals surface area contributed by atoms with Crippen LogP contribution >= 0.6 is 0 Å². The van der Waals surface area contributed by atoms with E-state index in [0.717, 1.165) is 31.5 Å². The zero-order valence-electron chi connectivity index (χ0n) is 11.6. The standard InChI is InChI=1S/C15H20F3NO/c1-2-9-20-14-4-3-12(10-13(14)15(16,17)18)11-5-7-19-8-6-11/h3-4,10-11,19H,2,5-9H2,1H3. The summed E-state index contributed by atoms with van der Waals surface area (Å²) in [6, 6.07) is 4.51. The number of alkyl halides is 3. The number of benzene rings is 1. The molecule has 1 aromatic rings. The lowest BCUT2D eigenvalue weighted by molar-refractivity contribution is -0.139. The summed E-state index contributed by atoms with van der Waals surface area (Å²) >= 11 is 0. The van der Waals surface area contributed by atoms with Crippen LogP contribution in [0.1, 0.15) is 43.2 Å². The second-order valence-corrected chi connectivity index (χ2v) is 5.13. The lowest BCUT2D eigenvalue weighted by Crippen LogP contribution is -2.26. The molecule has 5 heteroatoms. The third kappa shape index (κ3) is 3.66. The van der Waals surface area contributed by atoms with Crippen LogP contribution < -0.4 is 10.1 Å². The van der Waals surface area contributed by atoms with Gasteiger partial charge in [0.15, 0.2) is 0 Å². The number of ether oxygens (including phenoxy) is 1. The maximum atomic E-state index is 13.1. The largest absolute Gasteiger partial charge is 0.493 e. The van der Waals surface area contributed by atoms with Gasteiger partial charge in [-0.15, -0.1) is 0 Å². The second kappa shape index (κ2) is 6.48. The highest BCUT2D eigenvalue weighted by molar-refractivity contribution is 5.40. The molecule has 1 aliphatic rings. The van der Waals surface area contributed by atoms with E-state index >= 15 is 0 Å². The molecule has 0 radical (unpaired) electrons. The van der Waals surface area contributed by atoms with E-state index in [0.29, 0.717) is 13.0 Å². The summed E-state index contributed by atoms with van der Waals surface area (Å²) in [6.45, 7) is 3.90. The lowest BCUT2D eigenvalue weighted by atomic mass is 9.89. The van der Waals surface area contributed by atoms with E-state index < -0.39 is 11.7 Å². The molecule has 0 aromatic heterocycles. The highest BCUT2D eigenvalue weighted by Gasteiger charge is 2.35. The van der Waals surface area contributed by atoms with Gasteiger partial charge in [0.1, 0.15) is 5.75 Å². The Morgan fingerprint density at radius 2 is 1.95 bits per heavy atom. The molecule has 2 rings (SSSR count). The van der Waals surface area contributed by atoms with Crippen molar-refractivity contribution >= 4 is 0 Å². The van der Waals surface area contributed by atoms with Gasteiger partial charge < -0.3 is 10.1 Å². The van der Waals surface area contributed by atoms with Gasteiger partial charge in [-0.1, -0.05) is 13.0 Å². The second-order valence-electron chi connectivity index (χ2n) is 5.13. The minimum Gasteiger partial charge on any atom is -0.493 e. The monoisotopic (exact) mass is 287 g/mol. The molecule has 0 spiro atoms. The first-order valence-electron chi connectivity index (χ1n) is 7.07. The molecular weight excluding hydrogens is 267 g/mol. The first-order valence-corrected chi connectivity index (χ1v) is 7.07. The van der Waals surface area contributed by atoms with E-state index in [9.17, 15) is 13.2 Å². The maximum absolute atomic E-state index is 13.1. The predicted octanol–water partition coefficient (Wildman–Crippen LogP) is 3.96. The van der Waals surface area contributed by atoms with Gasteiger partial charge in [-0.25, -0.2) is 0 Å². The van der Waals surface area contributed by atoms with Gasteiger partial charge in [0.2, 0.25) is 0 Å². The number of halogens is 3. The van der Waals surface area contributed by atoms with Gasteiger partial charge in [0, 0.05) is 0 Å². The van der Waals surface area contributed by atoms with E-state index in [4.69, 9.17) is 4.74 Å². The first kappa shape index (κ1) is 15.2. The molecule has 1 fully saturated rings. The number of hydrogen-bond acceptors (Lipinski definition) is 2. The highest BCUT2D eigenvalue weighted by Crippen LogP contribution is 2.39. The highest BCUT2D eigenvalue weighted by atomic mass is 19.4. The number of nitrogens with one attached hydrogen (secondary N) is 1. The summed E-state index contributed by atoms with van der Waals surface area (Å²) in [4.78, 5) is 0. The van der Waals surface area contributed by atoms with E-state index in [-0.39, 0.29) is 11.7 Å². The molecule has 112 valence electrons. The van der Waals surface area contributed by atoms with Crippen molar-refractivity contribution in [1.82, 2.24) is 5.32 Å². The van der Waals surface area contributed by atoms with Gasteiger partial charge >= 0.3 is 6.18 Å². The Bertz CT molecular complexity index is 439. The number of rotatable bonds is 4. The van der Waals surface area contributed by atoms with Crippen LogP contribution in [0.5, 0.6) is 5.75 Å². The third-order valence-electron chi connectivity index (χ3n) is 3.58. The molecule has 1 N–H and O–H groups in total. The number of hydrogen-bond donors (Lipinski definition) is 1. The Morgan fingerprint density at radius 1 is 1.25 bits per heavy atom. The average Bonchev–Trinajstić information content (AvgIpc) is 2.45. The fourth-order valence-electron chi connectivity index (χ4n) is 2.52. The van der Waals surface area contributed by atoms with Gasteiger partial charge in [-0.05, 0) is 56.0 Å². The molecule has 0 atom stereocenters. The van der Waals surface area contributed by atoms with E-state index in [1.165, 1.54) is 12.1 Å². The topological polar surface area (TPSA) is 21.3 Å². The zero-order chi connectivity index (χ0) is 14.6. The zero-order valence-corrected chi connectivity index (χ0v) is 11.6. The van der Waals surface area contributed by atoms with Crippen LogP contribution in [0, 0.1) is 0 Å². The Hall–Kier alpha value is -1.23. The molecule has 0 unspecified atom stereocenters. The molecule has 20 heavy (non-hydrogen) atoms. The van der Waals surface area contributed by atoms with Crippen molar-refractivity contribution in [3.8, 4) is 5.75 Å². The first-order chi connectivity index (χ1) is 9.52. The minimum atomic E-state index is -4.37. The van der Waals surface area contributed by atoms with Crippen molar-refractivity contribution < 1.29 is 17.9 Å². The molecule has 1 aliphatic heterocycles. The quantitative estimate of drug-likeness (QED) is 0.905. The van der Waals surface area contributed by atoms with Crippen molar-refractivity contribution in [2.75, 3.05) is 19.7 Å². The average molecular weight is 287 g/mol. The van der Waals surface area contributed by atoms with Crippen LogP contribution in [-0.2, 0) is 6.18 Å². The number of piperidine rings is 1. The van der Waals surface area contributed by atoms with Crippen LogP contribution in [0.25, 0.3) is 0 Å². The Labute approximate surface area is 117 Å². The van der Waals surface area contributed by atoms with Gasteiger partial charge in [-0.3, -0.25) is 0 Å². The van der Waals surface area contributed by atoms with Crippen molar-refractivity contribution in [1.29, 1.82) is 0 Å². The van der Waals surface area contributed by atoms with Crippen molar-refractivity contribution in [3.63, 3.8) is 0 Å². The smallest absolute Gasteiger partial charge is 0.419 e. The summed E-state index contributed by atoms with van der Waals surface area (Å²) in [5.41, 5.74) is 0.115.